The molecule has 1 N–H and O–H groups in total. The third-order valence-corrected chi connectivity index (χ3v) is 4.03. The van der Waals surface area contributed by atoms with Crippen molar-refractivity contribution in [3.8, 4) is 5.75 Å². The van der Waals surface area contributed by atoms with Crippen LogP contribution in [0.1, 0.15) is 31.9 Å². The van der Waals surface area contributed by atoms with Crippen LogP contribution in [0.4, 0.5) is 13.2 Å². The van der Waals surface area contributed by atoms with Crippen LogP contribution in [0.25, 0.3) is 6.08 Å². The van der Waals surface area contributed by atoms with Crippen molar-refractivity contribution in [2.24, 2.45) is 0 Å². The highest BCUT2D eigenvalue weighted by molar-refractivity contribution is 9.10. The molecule has 0 aliphatic carbocycles. The molecule has 1 heterocycles. The van der Waals surface area contributed by atoms with Crippen molar-refractivity contribution in [3.05, 3.63) is 45.6 Å². The molecule has 0 saturated heterocycles. The minimum absolute atomic E-state index is 0.139. The van der Waals surface area contributed by atoms with E-state index < -0.39 is 18.0 Å². The molecule has 120 valence electrons. The molecule has 1 aliphatic heterocycles. The van der Waals surface area contributed by atoms with E-state index in [1.165, 1.54) is 6.08 Å². The van der Waals surface area contributed by atoms with Crippen molar-refractivity contribution in [2.45, 2.75) is 38.5 Å². The summed E-state index contributed by atoms with van der Waals surface area (Å²) in [6, 6.07) is 3.29. The molecule has 2 nitrogen and oxygen atoms in total. The van der Waals surface area contributed by atoms with Gasteiger partial charge in [0.1, 0.15) is 11.5 Å². The van der Waals surface area contributed by atoms with Gasteiger partial charge in [0.25, 0.3) is 0 Å². The highest BCUT2D eigenvalue weighted by Crippen LogP contribution is 2.42. The molecule has 0 spiro atoms. The number of hydrogen-bond donors (Lipinski definition) is 1. The van der Waals surface area contributed by atoms with Crippen molar-refractivity contribution < 1.29 is 23.0 Å². The fourth-order valence-corrected chi connectivity index (χ4v) is 3.23. The third kappa shape index (κ3) is 3.16. The summed E-state index contributed by atoms with van der Waals surface area (Å²) < 4.78 is 45.3. The van der Waals surface area contributed by atoms with Crippen molar-refractivity contribution in [2.75, 3.05) is 0 Å². The molecular weight excluding hydrogens is 361 g/mol. The van der Waals surface area contributed by atoms with Gasteiger partial charge in [-0.05, 0) is 29.2 Å². The Morgan fingerprint density at radius 2 is 1.86 bits per heavy atom. The van der Waals surface area contributed by atoms with Gasteiger partial charge in [0.2, 0.25) is 6.10 Å². The summed E-state index contributed by atoms with van der Waals surface area (Å²) in [4.78, 5) is 0. The van der Waals surface area contributed by atoms with Gasteiger partial charge in [-0.25, -0.2) is 0 Å². The van der Waals surface area contributed by atoms with E-state index >= 15 is 0 Å². The van der Waals surface area contributed by atoms with E-state index in [9.17, 15) is 18.3 Å². The number of halogens is 4. The number of alkyl halides is 3. The maximum Gasteiger partial charge on any atom is 0.429 e. The average molecular weight is 377 g/mol. The molecule has 0 aromatic heterocycles. The SMILES string of the molecule is C=C(O)C1=Cc2cc(Br)c(C(C)(C)C)cc2OC1C(F)(F)F. The smallest absolute Gasteiger partial charge is 0.429 e. The van der Waals surface area contributed by atoms with Crippen molar-refractivity contribution in [1.82, 2.24) is 0 Å². The van der Waals surface area contributed by atoms with Crippen molar-refractivity contribution in [3.63, 3.8) is 0 Å². The summed E-state index contributed by atoms with van der Waals surface area (Å²) in [5.41, 5.74) is 0.669. The van der Waals surface area contributed by atoms with Gasteiger partial charge < -0.3 is 9.84 Å². The van der Waals surface area contributed by atoms with E-state index in [1.54, 1.807) is 12.1 Å². The van der Waals surface area contributed by atoms with E-state index in [0.29, 0.717) is 5.56 Å². The number of hydrogen-bond acceptors (Lipinski definition) is 2. The highest BCUT2D eigenvalue weighted by Gasteiger charge is 2.47. The first-order chi connectivity index (χ1) is 9.91. The van der Waals surface area contributed by atoms with E-state index in [0.717, 1.165) is 10.0 Å². The van der Waals surface area contributed by atoms with Crippen molar-refractivity contribution in [1.29, 1.82) is 0 Å². The maximum absolute atomic E-state index is 13.1. The summed E-state index contributed by atoms with van der Waals surface area (Å²) in [7, 11) is 0. The van der Waals surface area contributed by atoms with Crippen LogP contribution in [0.15, 0.2) is 34.5 Å². The Morgan fingerprint density at radius 1 is 1.27 bits per heavy atom. The second-order valence-corrected chi connectivity index (χ2v) is 7.06. The van der Waals surface area contributed by atoms with Gasteiger partial charge in [-0.15, -0.1) is 0 Å². The third-order valence-electron chi connectivity index (χ3n) is 3.38. The van der Waals surface area contributed by atoms with Crippen LogP contribution in [0.2, 0.25) is 0 Å². The molecule has 0 fully saturated rings. The number of ether oxygens (including phenoxy) is 1. The fraction of sp³-hybridized carbons (Fsp3) is 0.375. The minimum atomic E-state index is -4.63. The molecule has 6 heteroatoms. The van der Waals surface area contributed by atoms with E-state index in [1.807, 2.05) is 20.8 Å². The Hall–Kier alpha value is -1.43. The molecule has 1 aromatic carbocycles. The predicted octanol–water partition coefficient (Wildman–Crippen LogP) is 5.53. The van der Waals surface area contributed by atoms with Gasteiger partial charge >= 0.3 is 6.18 Å². The topological polar surface area (TPSA) is 29.5 Å². The first kappa shape index (κ1) is 16.9. The highest BCUT2D eigenvalue weighted by atomic mass is 79.9. The molecule has 0 saturated carbocycles. The van der Waals surface area contributed by atoms with Crippen molar-refractivity contribution >= 4 is 22.0 Å². The van der Waals surface area contributed by atoms with Crippen LogP contribution in [-0.4, -0.2) is 17.4 Å². The van der Waals surface area contributed by atoms with Crippen LogP contribution in [0, 0.1) is 0 Å². The van der Waals surface area contributed by atoms with Gasteiger partial charge in [0.05, 0.1) is 0 Å². The molecule has 0 amide bonds. The molecule has 1 atom stereocenters. The zero-order valence-corrected chi connectivity index (χ0v) is 14.0. The number of benzene rings is 1. The Morgan fingerprint density at radius 3 is 2.32 bits per heavy atom. The standard InChI is InChI=1S/C16H16BrF3O2/c1-8(21)10-5-9-6-12(17)11(15(2,3)4)7-13(9)22-14(10)16(18,19)20/h5-7,14,21H,1H2,2-4H3. The number of aliphatic hydroxyl groups excluding tert-OH is 1. The molecular formula is C16H16BrF3O2. The lowest BCUT2D eigenvalue weighted by Gasteiger charge is -2.30. The average Bonchev–Trinajstić information content (AvgIpc) is 2.33. The van der Waals surface area contributed by atoms with Gasteiger partial charge in [0.15, 0.2) is 0 Å². The van der Waals surface area contributed by atoms with Crippen LogP contribution in [0.5, 0.6) is 5.75 Å². The van der Waals surface area contributed by atoms with Gasteiger partial charge in [-0.3, -0.25) is 0 Å². The van der Waals surface area contributed by atoms with Crippen LogP contribution >= 0.6 is 15.9 Å². The monoisotopic (exact) mass is 376 g/mol. The van der Waals surface area contributed by atoms with Gasteiger partial charge in [0, 0.05) is 15.6 Å². The summed E-state index contributed by atoms with van der Waals surface area (Å²) in [5.74, 6) is -0.510. The van der Waals surface area contributed by atoms with Gasteiger partial charge in [-0.2, -0.15) is 13.2 Å². The molecule has 1 unspecified atom stereocenters. The molecule has 2 rings (SSSR count). The first-order valence-electron chi connectivity index (χ1n) is 6.58. The lowest BCUT2D eigenvalue weighted by atomic mass is 9.85. The second-order valence-electron chi connectivity index (χ2n) is 6.21. The van der Waals surface area contributed by atoms with E-state index in [-0.39, 0.29) is 16.7 Å². The Kier molecular flexibility index (Phi) is 4.11. The first-order valence-corrected chi connectivity index (χ1v) is 7.38. The Labute approximate surface area is 135 Å². The maximum atomic E-state index is 13.1. The fourth-order valence-electron chi connectivity index (χ4n) is 2.27. The number of rotatable bonds is 1. The molecule has 1 aromatic rings. The summed E-state index contributed by atoms with van der Waals surface area (Å²) in [6.45, 7) is 9.07. The Balaban J connectivity index is 2.61. The lowest BCUT2D eigenvalue weighted by Crippen LogP contribution is -2.38. The van der Waals surface area contributed by atoms with Crippen LogP contribution in [-0.2, 0) is 5.41 Å². The van der Waals surface area contributed by atoms with E-state index in [2.05, 4.69) is 22.5 Å². The Bertz CT molecular complexity index is 655. The molecule has 1 aliphatic rings. The predicted molar refractivity (Wildman–Crippen MR) is 83.1 cm³/mol. The molecule has 0 bridgehead atoms. The summed E-state index contributed by atoms with van der Waals surface area (Å²) >= 11 is 3.43. The zero-order chi connectivity index (χ0) is 16.9. The second kappa shape index (κ2) is 5.33. The van der Waals surface area contributed by atoms with Crippen LogP contribution in [0.3, 0.4) is 0 Å². The summed E-state index contributed by atoms with van der Waals surface area (Å²) in [6.07, 6.45) is -5.59. The normalized spacial score (nSPS) is 18.3. The number of aliphatic hydroxyl groups is 1. The number of fused-ring (bicyclic) bond motifs is 1. The zero-order valence-electron chi connectivity index (χ0n) is 12.4. The van der Waals surface area contributed by atoms with Crippen LogP contribution < -0.4 is 4.74 Å². The minimum Gasteiger partial charge on any atom is -0.508 e. The van der Waals surface area contributed by atoms with Gasteiger partial charge in [-0.1, -0.05) is 43.3 Å². The summed E-state index contributed by atoms with van der Waals surface area (Å²) in [5, 5.41) is 9.44. The molecule has 22 heavy (non-hydrogen) atoms. The lowest BCUT2D eigenvalue weighted by molar-refractivity contribution is -0.183. The quantitative estimate of drug-likeness (QED) is 0.653. The van der Waals surface area contributed by atoms with E-state index in [4.69, 9.17) is 4.74 Å². The largest absolute Gasteiger partial charge is 0.508 e. The molecule has 0 radical (unpaired) electrons.